The minimum atomic E-state index is -0.0616. The zero-order valence-corrected chi connectivity index (χ0v) is 10.6. The van der Waals surface area contributed by atoms with E-state index in [0.717, 1.165) is 5.56 Å². The van der Waals surface area contributed by atoms with Crippen LogP contribution in [0.5, 0.6) is 0 Å². The summed E-state index contributed by atoms with van der Waals surface area (Å²) in [5.74, 6) is -0.0616. The van der Waals surface area contributed by atoms with Crippen LogP contribution < -0.4 is 0 Å². The van der Waals surface area contributed by atoms with Gasteiger partial charge in [0.05, 0.1) is 6.61 Å². The summed E-state index contributed by atoms with van der Waals surface area (Å²) in [6.07, 6.45) is 0. The Hall–Kier alpha value is -1.64. The number of halogens is 1. The number of rotatable bonds is 5. The SMILES string of the molecule is O=C(COCc1ccccc1)c1cccc(Cl)c1. The monoisotopic (exact) mass is 260 g/mol. The van der Waals surface area contributed by atoms with Gasteiger partial charge in [0.2, 0.25) is 0 Å². The van der Waals surface area contributed by atoms with Gasteiger partial charge in [-0.25, -0.2) is 0 Å². The van der Waals surface area contributed by atoms with Gasteiger partial charge in [-0.15, -0.1) is 0 Å². The summed E-state index contributed by atoms with van der Waals surface area (Å²) in [5, 5.41) is 0.559. The Labute approximate surface area is 111 Å². The number of carbonyl (C=O) groups excluding carboxylic acids is 1. The Balaban J connectivity index is 1.86. The van der Waals surface area contributed by atoms with Crippen LogP contribution in [0.15, 0.2) is 54.6 Å². The van der Waals surface area contributed by atoms with Crippen molar-refractivity contribution in [3.8, 4) is 0 Å². The van der Waals surface area contributed by atoms with E-state index in [2.05, 4.69) is 0 Å². The summed E-state index contributed by atoms with van der Waals surface area (Å²) >= 11 is 5.83. The second kappa shape index (κ2) is 6.34. The van der Waals surface area contributed by atoms with Gasteiger partial charge < -0.3 is 4.74 Å². The Kier molecular flexibility index (Phi) is 4.51. The fraction of sp³-hybridized carbons (Fsp3) is 0.133. The van der Waals surface area contributed by atoms with E-state index in [1.54, 1.807) is 24.3 Å². The Morgan fingerprint density at radius 3 is 2.56 bits per heavy atom. The van der Waals surface area contributed by atoms with Crippen molar-refractivity contribution >= 4 is 17.4 Å². The molecule has 0 spiro atoms. The zero-order valence-electron chi connectivity index (χ0n) is 9.80. The van der Waals surface area contributed by atoms with Crippen LogP contribution in [0.2, 0.25) is 5.02 Å². The van der Waals surface area contributed by atoms with Crippen molar-refractivity contribution in [1.29, 1.82) is 0 Å². The second-order valence-electron chi connectivity index (χ2n) is 3.91. The van der Waals surface area contributed by atoms with E-state index in [4.69, 9.17) is 16.3 Å². The van der Waals surface area contributed by atoms with Crippen molar-refractivity contribution in [1.82, 2.24) is 0 Å². The van der Waals surface area contributed by atoms with E-state index in [-0.39, 0.29) is 12.4 Å². The Morgan fingerprint density at radius 1 is 1.06 bits per heavy atom. The minimum Gasteiger partial charge on any atom is -0.369 e. The van der Waals surface area contributed by atoms with Gasteiger partial charge in [0, 0.05) is 10.6 Å². The lowest BCUT2D eigenvalue weighted by molar-refractivity contribution is 0.0726. The average Bonchev–Trinajstić information content (AvgIpc) is 2.40. The van der Waals surface area contributed by atoms with E-state index in [9.17, 15) is 4.79 Å². The number of hydrogen-bond acceptors (Lipinski definition) is 2. The van der Waals surface area contributed by atoms with E-state index in [0.29, 0.717) is 17.2 Å². The first-order chi connectivity index (χ1) is 8.75. The molecule has 2 rings (SSSR count). The summed E-state index contributed by atoms with van der Waals surface area (Å²) in [4.78, 5) is 11.8. The van der Waals surface area contributed by atoms with Crippen LogP contribution in [-0.2, 0) is 11.3 Å². The maximum atomic E-state index is 11.8. The molecule has 0 atom stereocenters. The first kappa shape index (κ1) is 12.8. The molecule has 2 aromatic carbocycles. The van der Waals surface area contributed by atoms with Crippen LogP contribution in [0.4, 0.5) is 0 Å². The lowest BCUT2D eigenvalue weighted by atomic mass is 10.1. The molecule has 0 N–H and O–H groups in total. The summed E-state index contributed by atoms with van der Waals surface area (Å²) in [6.45, 7) is 0.502. The van der Waals surface area contributed by atoms with E-state index in [1.807, 2.05) is 30.3 Å². The molecule has 2 aromatic rings. The van der Waals surface area contributed by atoms with Crippen LogP contribution in [0.3, 0.4) is 0 Å². The Bertz CT molecular complexity index is 523. The van der Waals surface area contributed by atoms with Gasteiger partial charge in [0.1, 0.15) is 6.61 Å². The second-order valence-corrected chi connectivity index (χ2v) is 4.35. The lowest BCUT2D eigenvalue weighted by Crippen LogP contribution is -2.08. The maximum Gasteiger partial charge on any atom is 0.188 e. The molecule has 0 heterocycles. The molecule has 0 aliphatic heterocycles. The Morgan fingerprint density at radius 2 is 1.83 bits per heavy atom. The number of hydrogen-bond donors (Lipinski definition) is 0. The normalized spacial score (nSPS) is 10.3. The average molecular weight is 261 g/mol. The summed E-state index contributed by atoms with van der Waals surface area (Å²) < 4.78 is 5.38. The highest BCUT2D eigenvalue weighted by atomic mass is 35.5. The molecule has 0 radical (unpaired) electrons. The molecule has 18 heavy (non-hydrogen) atoms. The molecule has 0 aliphatic rings. The number of benzene rings is 2. The molecular formula is C15H13ClO2. The van der Waals surface area contributed by atoms with Crippen LogP contribution in [-0.4, -0.2) is 12.4 Å². The van der Waals surface area contributed by atoms with Gasteiger partial charge in [-0.05, 0) is 17.7 Å². The fourth-order valence-corrected chi connectivity index (χ4v) is 1.77. The first-order valence-corrected chi connectivity index (χ1v) is 6.04. The van der Waals surface area contributed by atoms with Gasteiger partial charge in [0.15, 0.2) is 5.78 Å². The molecule has 0 bridgehead atoms. The van der Waals surface area contributed by atoms with Crippen LogP contribution in [0.1, 0.15) is 15.9 Å². The fourth-order valence-electron chi connectivity index (χ4n) is 1.58. The number of ether oxygens (including phenoxy) is 1. The molecular weight excluding hydrogens is 248 g/mol. The zero-order chi connectivity index (χ0) is 12.8. The summed E-state index contributed by atoms with van der Waals surface area (Å²) in [6, 6.07) is 16.6. The molecule has 2 nitrogen and oxygen atoms in total. The molecule has 0 saturated carbocycles. The van der Waals surface area contributed by atoms with Gasteiger partial charge in [-0.3, -0.25) is 4.79 Å². The topological polar surface area (TPSA) is 26.3 Å². The third-order valence-electron chi connectivity index (χ3n) is 2.49. The molecule has 0 saturated heterocycles. The molecule has 0 unspecified atom stereocenters. The van der Waals surface area contributed by atoms with Crippen molar-refractivity contribution in [3.63, 3.8) is 0 Å². The lowest BCUT2D eigenvalue weighted by Gasteiger charge is -2.04. The number of ketones is 1. The third-order valence-corrected chi connectivity index (χ3v) is 2.73. The van der Waals surface area contributed by atoms with Crippen molar-refractivity contribution in [3.05, 3.63) is 70.7 Å². The van der Waals surface area contributed by atoms with Crippen molar-refractivity contribution in [2.24, 2.45) is 0 Å². The van der Waals surface area contributed by atoms with Crippen molar-refractivity contribution in [2.75, 3.05) is 6.61 Å². The highest BCUT2D eigenvalue weighted by Gasteiger charge is 2.06. The predicted octanol–water partition coefficient (Wildman–Crippen LogP) is 3.74. The molecule has 0 amide bonds. The molecule has 0 fully saturated rings. The minimum absolute atomic E-state index is 0.0616. The number of Topliss-reactive ketones (excluding diaryl/α,β-unsaturated/α-hetero) is 1. The highest BCUT2D eigenvalue weighted by molar-refractivity contribution is 6.31. The van der Waals surface area contributed by atoms with E-state index in [1.165, 1.54) is 0 Å². The van der Waals surface area contributed by atoms with Gasteiger partial charge >= 0.3 is 0 Å². The largest absolute Gasteiger partial charge is 0.369 e. The van der Waals surface area contributed by atoms with Gasteiger partial charge in [0.25, 0.3) is 0 Å². The van der Waals surface area contributed by atoms with Crippen LogP contribution >= 0.6 is 11.6 Å². The van der Waals surface area contributed by atoms with Crippen molar-refractivity contribution in [2.45, 2.75) is 6.61 Å². The molecule has 92 valence electrons. The standard InChI is InChI=1S/C15H13ClO2/c16-14-8-4-7-13(9-14)15(17)11-18-10-12-5-2-1-3-6-12/h1-9H,10-11H2. The van der Waals surface area contributed by atoms with Crippen LogP contribution in [0.25, 0.3) is 0 Å². The summed E-state index contributed by atoms with van der Waals surface area (Å²) in [5.41, 5.74) is 1.63. The molecule has 3 heteroatoms. The van der Waals surface area contributed by atoms with E-state index >= 15 is 0 Å². The maximum absolute atomic E-state index is 11.8. The highest BCUT2D eigenvalue weighted by Crippen LogP contribution is 2.11. The smallest absolute Gasteiger partial charge is 0.188 e. The van der Waals surface area contributed by atoms with Gasteiger partial charge in [-0.2, -0.15) is 0 Å². The third kappa shape index (κ3) is 3.69. The first-order valence-electron chi connectivity index (χ1n) is 5.66. The number of carbonyl (C=O) groups is 1. The van der Waals surface area contributed by atoms with Gasteiger partial charge in [-0.1, -0.05) is 54.1 Å². The molecule has 0 aliphatic carbocycles. The van der Waals surface area contributed by atoms with E-state index < -0.39 is 0 Å². The summed E-state index contributed by atoms with van der Waals surface area (Å²) in [7, 11) is 0. The quantitative estimate of drug-likeness (QED) is 0.766. The van der Waals surface area contributed by atoms with Crippen molar-refractivity contribution < 1.29 is 9.53 Å². The predicted molar refractivity (Wildman–Crippen MR) is 71.9 cm³/mol. The molecule has 0 aromatic heterocycles. The van der Waals surface area contributed by atoms with Crippen LogP contribution in [0, 0.1) is 0 Å².